The van der Waals surface area contributed by atoms with Crippen molar-refractivity contribution in [3.05, 3.63) is 101 Å². The number of nitrogens with two attached hydrogens (primary N) is 1. The highest BCUT2D eigenvalue weighted by Gasteiger charge is 2.24. The van der Waals surface area contributed by atoms with Crippen LogP contribution in [0.4, 0.5) is 51.7 Å². The molecule has 7 N–H and O–H groups in total. The zero-order chi connectivity index (χ0) is 45.0. The van der Waals surface area contributed by atoms with E-state index in [2.05, 4.69) is 44.9 Å². The summed E-state index contributed by atoms with van der Waals surface area (Å²) in [6.07, 6.45) is 0.142. The molecule has 0 atom stereocenters. The highest BCUT2D eigenvalue weighted by molar-refractivity contribution is 7.86. The molecule has 0 bridgehead atoms. The molecule has 6 aromatic rings. The second-order valence-corrected chi connectivity index (χ2v) is 17.4. The Hall–Kier alpha value is -6.25. The lowest BCUT2D eigenvalue weighted by Gasteiger charge is -2.21. The van der Waals surface area contributed by atoms with E-state index in [9.17, 15) is 39.5 Å². The first-order chi connectivity index (χ1) is 29.2. The SMILES string of the molecule is CCN(c1cccc(C)c1)c1nc(Cl)nc(Nc2cccc(/N=N/c3c(S(=O)(=O)O)cc4ccc(/N=N/c5ccc(CCCOS(=O)(=O)O)cc5S(=O)(=O)O)c(N)c4c3O)c2)n1. The molecule has 0 spiro atoms. The van der Waals surface area contributed by atoms with Gasteiger partial charge < -0.3 is 21.1 Å². The largest absolute Gasteiger partial charge is 0.505 e. The number of anilines is 5. The van der Waals surface area contributed by atoms with Crippen molar-refractivity contribution in [3.8, 4) is 5.75 Å². The number of aryl methyl sites for hydroxylation is 2. The molecule has 0 saturated heterocycles. The van der Waals surface area contributed by atoms with Crippen LogP contribution in [0.5, 0.6) is 5.75 Å². The van der Waals surface area contributed by atoms with Gasteiger partial charge in [-0.3, -0.25) is 13.7 Å². The Morgan fingerprint density at radius 1 is 0.806 bits per heavy atom. The molecule has 6 rings (SSSR count). The fourth-order valence-corrected chi connectivity index (χ4v) is 7.84. The number of benzene rings is 5. The lowest BCUT2D eigenvalue weighted by Crippen LogP contribution is -2.20. The molecule has 0 fully saturated rings. The van der Waals surface area contributed by atoms with E-state index >= 15 is 0 Å². The van der Waals surface area contributed by atoms with Gasteiger partial charge in [0.1, 0.15) is 26.9 Å². The van der Waals surface area contributed by atoms with Crippen LogP contribution in [0.1, 0.15) is 24.5 Å². The van der Waals surface area contributed by atoms with Gasteiger partial charge in [0.25, 0.3) is 20.2 Å². The van der Waals surface area contributed by atoms with Gasteiger partial charge in [-0.1, -0.05) is 30.3 Å². The van der Waals surface area contributed by atoms with Gasteiger partial charge in [0, 0.05) is 17.9 Å². The number of hydrogen-bond acceptors (Lipinski definition) is 18. The van der Waals surface area contributed by atoms with Crippen molar-refractivity contribution in [2.75, 3.05) is 29.1 Å². The van der Waals surface area contributed by atoms with Gasteiger partial charge in [0.2, 0.25) is 17.2 Å². The van der Waals surface area contributed by atoms with E-state index in [1.165, 1.54) is 36.4 Å². The third kappa shape index (κ3) is 11.2. The fraction of sp³-hybridized carbons (Fsp3) is 0.162. The fourth-order valence-electron chi connectivity index (χ4n) is 6.02. The molecule has 0 radical (unpaired) electrons. The smallest absolute Gasteiger partial charge is 0.397 e. The maximum atomic E-state index is 12.5. The average molecular weight is 927 g/mol. The minimum absolute atomic E-state index is 0.0251. The minimum atomic E-state index is -5.02. The number of rotatable bonds is 16. The van der Waals surface area contributed by atoms with E-state index in [4.69, 9.17) is 21.9 Å². The molecule has 0 aliphatic heterocycles. The van der Waals surface area contributed by atoms with E-state index in [0.29, 0.717) is 17.8 Å². The van der Waals surface area contributed by atoms with Gasteiger partial charge >= 0.3 is 10.4 Å². The Morgan fingerprint density at radius 3 is 2.21 bits per heavy atom. The summed E-state index contributed by atoms with van der Waals surface area (Å²) in [6, 6.07) is 21.3. The first-order valence-electron chi connectivity index (χ1n) is 17.9. The van der Waals surface area contributed by atoms with E-state index in [0.717, 1.165) is 23.4 Å². The highest BCUT2D eigenvalue weighted by atomic mass is 35.5. The molecule has 0 unspecified atom stereocenters. The first-order valence-corrected chi connectivity index (χ1v) is 22.6. The number of hydrogen-bond donors (Lipinski definition) is 6. The molecule has 0 aliphatic rings. The number of nitrogen functional groups attached to an aromatic ring is 1. The molecule has 0 amide bonds. The van der Waals surface area contributed by atoms with Crippen molar-refractivity contribution in [1.82, 2.24) is 15.0 Å². The quantitative estimate of drug-likeness (QED) is 0.0230. The van der Waals surface area contributed by atoms with Gasteiger partial charge in [0.15, 0.2) is 5.75 Å². The van der Waals surface area contributed by atoms with Crippen molar-refractivity contribution < 1.29 is 48.2 Å². The van der Waals surface area contributed by atoms with Gasteiger partial charge in [0.05, 0.1) is 23.4 Å². The van der Waals surface area contributed by atoms with Crippen LogP contribution in [-0.4, -0.2) is 72.1 Å². The van der Waals surface area contributed by atoms with Gasteiger partial charge in [-0.15, -0.1) is 15.3 Å². The minimum Gasteiger partial charge on any atom is -0.505 e. The number of phenols is 1. The number of halogens is 1. The van der Waals surface area contributed by atoms with Crippen LogP contribution in [-0.2, 0) is 41.2 Å². The van der Waals surface area contributed by atoms with Crippen LogP contribution in [0, 0.1) is 6.92 Å². The third-order valence-electron chi connectivity index (χ3n) is 8.76. The van der Waals surface area contributed by atoms with Crippen molar-refractivity contribution in [2.24, 2.45) is 20.5 Å². The predicted molar refractivity (Wildman–Crippen MR) is 229 cm³/mol. The van der Waals surface area contributed by atoms with Gasteiger partial charge in [-0.25, -0.2) is 4.18 Å². The zero-order valence-corrected chi connectivity index (χ0v) is 35.5. The second-order valence-electron chi connectivity index (χ2n) is 13.2. The first kappa shape index (κ1) is 45.3. The summed E-state index contributed by atoms with van der Waals surface area (Å²) < 4.78 is 104. The molecule has 0 saturated carbocycles. The summed E-state index contributed by atoms with van der Waals surface area (Å²) in [5.41, 5.74) is 7.72. The molecule has 1 heterocycles. The van der Waals surface area contributed by atoms with E-state index in [1.807, 2.05) is 43.0 Å². The number of nitrogens with one attached hydrogen (secondary N) is 1. The molecular weight excluding hydrogens is 892 g/mol. The Kier molecular flexibility index (Phi) is 13.4. The summed E-state index contributed by atoms with van der Waals surface area (Å²) in [4.78, 5) is 13.4. The normalized spacial score (nSPS) is 12.4. The molecule has 1 aromatic heterocycles. The summed E-state index contributed by atoms with van der Waals surface area (Å²) in [5.74, 6) is -0.438. The number of phenolic OH excluding ortho intramolecular Hbond substituents is 1. The molecule has 5 aromatic carbocycles. The van der Waals surface area contributed by atoms with E-state index in [1.54, 1.807) is 12.1 Å². The Labute approximate surface area is 359 Å². The topological polar surface area (TPSA) is 322 Å². The van der Waals surface area contributed by atoms with Crippen molar-refractivity contribution >= 4 is 105 Å². The Bertz CT molecular complexity index is 3100. The van der Waals surface area contributed by atoms with E-state index < -0.39 is 58.5 Å². The third-order valence-corrected chi connectivity index (χ3v) is 11.1. The van der Waals surface area contributed by atoms with Gasteiger partial charge in [-0.05, 0) is 109 Å². The van der Waals surface area contributed by atoms with Crippen LogP contribution >= 0.6 is 11.6 Å². The standard InChI is InChI=1S/C37H35ClN10O11S3/c1-3-48(26-11-4-7-21(2)17-26)37-42-35(38)41-36(43-37)40-24-9-5-10-25(20-24)44-47-33-30(61(53,54)55)19-23-13-15-28(32(39)31(23)34(33)49)46-45-27-14-12-22(18-29(27)60(50,51)52)8-6-16-59-62(56,57)58/h4-5,7,9-15,17-20,49H,3,6,8,16,39H2,1-2H3,(H,50,51,52)(H,53,54,55)(H,56,57,58)(H,40,41,42,43)/b46-45+,47-44+. The lowest BCUT2D eigenvalue weighted by molar-refractivity contribution is 0.265. The molecular formula is C37H35ClN10O11S3. The Balaban J connectivity index is 1.30. The summed E-state index contributed by atoms with van der Waals surface area (Å²) >= 11 is 6.29. The summed E-state index contributed by atoms with van der Waals surface area (Å²) in [6.45, 7) is 4.00. The monoisotopic (exact) mass is 926 g/mol. The summed E-state index contributed by atoms with van der Waals surface area (Å²) in [5, 5.41) is 30.2. The molecule has 25 heteroatoms. The maximum absolute atomic E-state index is 12.5. The van der Waals surface area contributed by atoms with Crippen LogP contribution in [0.25, 0.3) is 10.8 Å². The van der Waals surface area contributed by atoms with Crippen molar-refractivity contribution in [1.29, 1.82) is 0 Å². The van der Waals surface area contributed by atoms with Crippen molar-refractivity contribution in [3.63, 3.8) is 0 Å². The van der Waals surface area contributed by atoms with Crippen LogP contribution in [0.3, 0.4) is 0 Å². The molecule has 62 heavy (non-hydrogen) atoms. The van der Waals surface area contributed by atoms with Crippen LogP contribution < -0.4 is 16.0 Å². The molecule has 21 nitrogen and oxygen atoms in total. The van der Waals surface area contributed by atoms with Gasteiger partial charge in [-0.2, -0.15) is 45.3 Å². The predicted octanol–water partition coefficient (Wildman–Crippen LogP) is 8.25. The lowest BCUT2D eigenvalue weighted by atomic mass is 10.1. The average Bonchev–Trinajstić information content (AvgIpc) is 3.18. The number of nitrogens with zero attached hydrogens (tertiary/aromatic N) is 8. The number of fused-ring (bicyclic) bond motifs is 1. The maximum Gasteiger partial charge on any atom is 0.397 e. The van der Waals surface area contributed by atoms with Crippen LogP contribution in [0.15, 0.2) is 115 Å². The summed E-state index contributed by atoms with van der Waals surface area (Å²) in [7, 11) is -14.6. The van der Waals surface area contributed by atoms with E-state index in [-0.39, 0.29) is 63.5 Å². The second kappa shape index (κ2) is 18.4. The molecule has 0 aliphatic carbocycles. The number of aromatic hydroxyl groups is 1. The number of aromatic nitrogens is 3. The van der Waals surface area contributed by atoms with Crippen LogP contribution in [0.2, 0.25) is 5.28 Å². The van der Waals surface area contributed by atoms with Crippen molar-refractivity contribution in [2.45, 2.75) is 36.5 Å². The number of azo groups is 2. The Morgan fingerprint density at radius 2 is 1.52 bits per heavy atom. The zero-order valence-electron chi connectivity index (χ0n) is 32.3. The highest BCUT2D eigenvalue weighted by Crippen LogP contribution is 2.46. The molecule has 324 valence electrons.